The fourth-order valence-corrected chi connectivity index (χ4v) is 4.22. The molecule has 0 radical (unpaired) electrons. The highest BCUT2D eigenvalue weighted by Crippen LogP contribution is 2.37. The molecule has 3 rings (SSSR count). The van der Waals surface area contributed by atoms with Gasteiger partial charge in [0.05, 0.1) is 0 Å². The van der Waals surface area contributed by atoms with Crippen LogP contribution in [0.2, 0.25) is 0 Å². The Bertz CT molecular complexity index is 583. The van der Waals surface area contributed by atoms with Gasteiger partial charge in [-0.1, -0.05) is 24.3 Å². The summed E-state index contributed by atoms with van der Waals surface area (Å²) in [6, 6.07) is 7.90. The zero-order valence-electron chi connectivity index (χ0n) is 12.2. The van der Waals surface area contributed by atoms with E-state index in [9.17, 15) is 14.7 Å². The Morgan fingerprint density at radius 3 is 2.73 bits per heavy atom. The van der Waals surface area contributed by atoms with Crippen molar-refractivity contribution in [2.75, 3.05) is 19.0 Å². The lowest BCUT2D eigenvalue weighted by atomic mass is 9.89. The molecule has 0 saturated carbocycles. The van der Waals surface area contributed by atoms with Crippen LogP contribution in [0, 0.1) is 0 Å². The molecular weight excluding hydrogens is 302 g/mol. The van der Waals surface area contributed by atoms with Crippen molar-refractivity contribution in [2.24, 2.45) is 0 Å². The Kier molecular flexibility index (Phi) is 4.40. The van der Waals surface area contributed by atoms with Crippen LogP contribution in [-0.4, -0.2) is 41.5 Å². The van der Waals surface area contributed by atoms with E-state index in [2.05, 4.69) is 5.32 Å². The lowest BCUT2D eigenvalue weighted by Crippen LogP contribution is -2.58. The van der Waals surface area contributed by atoms with Gasteiger partial charge < -0.3 is 15.2 Å². The minimum Gasteiger partial charge on any atom is -0.480 e. The summed E-state index contributed by atoms with van der Waals surface area (Å²) in [5.41, 5.74) is 0.990. The number of carbonyl (C=O) groups is 2. The summed E-state index contributed by atoms with van der Waals surface area (Å²) in [5, 5.41) is 12.0. The first-order valence-electron chi connectivity index (χ1n) is 7.45. The van der Waals surface area contributed by atoms with Crippen molar-refractivity contribution in [3.05, 3.63) is 35.4 Å². The number of fused-ring (bicyclic) bond motifs is 1. The zero-order chi connectivity index (χ0) is 15.6. The topological polar surface area (TPSA) is 75.6 Å². The number of amides is 1. The molecule has 2 aliphatic heterocycles. The molecule has 1 unspecified atom stereocenters. The number of ether oxygens (including phenoxy) is 1. The Hall–Kier alpha value is -1.53. The Balaban J connectivity index is 1.81. The van der Waals surface area contributed by atoms with Gasteiger partial charge in [0.25, 0.3) is 0 Å². The smallest absolute Gasteiger partial charge is 0.329 e. The van der Waals surface area contributed by atoms with Gasteiger partial charge in [0.1, 0.15) is 10.8 Å². The molecule has 1 saturated heterocycles. The summed E-state index contributed by atoms with van der Waals surface area (Å²) in [5.74, 6) is -0.308. The normalized spacial score (nSPS) is 23.4. The number of hydrogen-bond acceptors (Lipinski definition) is 4. The lowest BCUT2D eigenvalue weighted by Gasteiger charge is -2.35. The van der Waals surface area contributed by atoms with E-state index in [4.69, 9.17) is 4.74 Å². The van der Waals surface area contributed by atoms with Gasteiger partial charge >= 0.3 is 5.97 Å². The second kappa shape index (κ2) is 6.30. The molecule has 2 heterocycles. The third-order valence-corrected chi connectivity index (χ3v) is 5.59. The van der Waals surface area contributed by atoms with Gasteiger partial charge in [-0.3, -0.25) is 4.79 Å². The molecule has 1 aromatic rings. The molecule has 5 nitrogen and oxygen atoms in total. The average Bonchev–Trinajstić information content (AvgIpc) is 2.55. The summed E-state index contributed by atoms with van der Waals surface area (Å²) in [7, 11) is 0. The molecule has 0 aliphatic carbocycles. The monoisotopic (exact) mass is 321 g/mol. The second-order valence-electron chi connectivity index (χ2n) is 5.69. The number of aryl methyl sites for hydroxylation is 1. The number of aliphatic carboxylic acids is 1. The molecule has 1 atom stereocenters. The number of nitrogens with one attached hydrogen (secondary N) is 1. The van der Waals surface area contributed by atoms with Gasteiger partial charge in [0.15, 0.2) is 0 Å². The van der Waals surface area contributed by atoms with Crippen LogP contribution >= 0.6 is 11.8 Å². The Morgan fingerprint density at radius 1 is 1.27 bits per heavy atom. The van der Waals surface area contributed by atoms with Gasteiger partial charge in [0, 0.05) is 26.1 Å². The van der Waals surface area contributed by atoms with Crippen molar-refractivity contribution in [3.8, 4) is 0 Å². The maximum Gasteiger partial charge on any atom is 0.329 e. The number of benzene rings is 1. The lowest BCUT2D eigenvalue weighted by molar-refractivity contribution is -0.152. The zero-order valence-corrected chi connectivity index (χ0v) is 13.0. The van der Waals surface area contributed by atoms with Crippen LogP contribution in [0.5, 0.6) is 0 Å². The first-order chi connectivity index (χ1) is 10.6. The molecule has 1 fully saturated rings. The SMILES string of the molecule is O=C(NC1(C(=O)O)CCOCC1)C1SCCc2ccccc21. The largest absolute Gasteiger partial charge is 0.480 e. The second-order valence-corrected chi connectivity index (χ2v) is 6.90. The molecule has 118 valence electrons. The van der Waals surface area contributed by atoms with E-state index in [-0.39, 0.29) is 11.2 Å². The van der Waals surface area contributed by atoms with Gasteiger partial charge in [-0.2, -0.15) is 0 Å². The minimum absolute atomic E-state index is 0.207. The van der Waals surface area contributed by atoms with Gasteiger partial charge in [-0.05, 0) is 23.3 Å². The molecule has 1 amide bonds. The summed E-state index contributed by atoms with van der Waals surface area (Å²) in [6.07, 6.45) is 1.57. The first kappa shape index (κ1) is 15.4. The van der Waals surface area contributed by atoms with Crippen molar-refractivity contribution in [2.45, 2.75) is 30.1 Å². The summed E-state index contributed by atoms with van der Waals surface area (Å²) >= 11 is 1.58. The highest BCUT2D eigenvalue weighted by atomic mass is 32.2. The number of rotatable bonds is 3. The van der Waals surface area contributed by atoms with Crippen LogP contribution in [0.25, 0.3) is 0 Å². The summed E-state index contributed by atoms with van der Waals surface area (Å²) in [4.78, 5) is 24.4. The number of thioether (sulfide) groups is 1. The number of carbonyl (C=O) groups excluding carboxylic acids is 1. The molecule has 1 aromatic carbocycles. The van der Waals surface area contributed by atoms with Gasteiger partial charge in [-0.25, -0.2) is 4.79 Å². The van der Waals surface area contributed by atoms with E-state index in [1.807, 2.05) is 24.3 Å². The summed E-state index contributed by atoms with van der Waals surface area (Å²) < 4.78 is 5.24. The predicted molar refractivity (Wildman–Crippen MR) is 83.9 cm³/mol. The third-order valence-electron chi connectivity index (χ3n) is 4.35. The average molecular weight is 321 g/mol. The fourth-order valence-electron chi connectivity index (χ4n) is 3.02. The van der Waals surface area contributed by atoms with Crippen LogP contribution in [0.1, 0.15) is 29.2 Å². The third kappa shape index (κ3) is 2.85. The van der Waals surface area contributed by atoms with Crippen molar-refractivity contribution in [1.82, 2.24) is 5.32 Å². The van der Waals surface area contributed by atoms with Crippen LogP contribution in [0.15, 0.2) is 24.3 Å². The van der Waals surface area contributed by atoms with Crippen molar-refractivity contribution in [1.29, 1.82) is 0 Å². The first-order valence-corrected chi connectivity index (χ1v) is 8.50. The fraction of sp³-hybridized carbons (Fsp3) is 0.500. The molecule has 0 spiro atoms. The predicted octanol–water partition coefficient (Wildman–Crippen LogP) is 1.77. The standard InChI is InChI=1S/C16H19NO4S/c18-14(17-16(15(19)20)6-8-21-9-7-16)13-12-4-2-1-3-11(12)5-10-22-13/h1-4,13H,5-10H2,(H,17,18)(H,19,20). The summed E-state index contributed by atoms with van der Waals surface area (Å²) in [6.45, 7) is 0.724. The maximum absolute atomic E-state index is 12.7. The van der Waals surface area contributed by atoms with Crippen molar-refractivity contribution >= 4 is 23.6 Å². The van der Waals surface area contributed by atoms with E-state index in [1.165, 1.54) is 5.56 Å². The minimum atomic E-state index is -1.19. The molecule has 2 aliphatic rings. The van der Waals surface area contributed by atoms with E-state index in [0.29, 0.717) is 26.1 Å². The number of carboxylic acids is 1. The van der Waals surface area contributed by atoms with Crippen molar-refractivity contribution in [3.63, 3.8) is 0 Å². The van der Waals surface area contributed by atoms with Crippen LogP contribution in [0.4, 0.5) is 0 Å². The number of hydrogen-bond donors (Lipinski definition) is 2. The van der Waals surface area contributed by atoms with E-state index in [1.54, 1.807) is 11.8 Å². The van der Waals surface area contributed by atoms with E-state index >= 15 is 0 Å². The van der Waals surface area contributed by atoms with Crippen LogP contribution in [-0.2, 0) is 20.7 Å². The number of carboxylic acid groups (broad SMARTS) is 1. The van der Waals surface area contributed by atoms with Crippen molar-refractivity contribution < 1.29 is 19.4 Å². The van der Waals surface area contributed by atoms with Gasteiger partial charge in [0.2, 0.25) is 5.91 Å². The molecule has 0 aromatic heterocycles. The van der Waals surface area contributed by atoms with E-state index < -0.39 is 11.5 Å². The van der Waals surface area contributed by atoms with Crippen LogP contribution < -0.4 is 5.32 Å². The molecule has 0 bridgehead atoms. The quantitative estimate of drug-likeness (QED) is 0.887. The molecule has 6 heteroatoms. The molecular formula is C16H19NO4S. The van der Waals surface area contributed by atoms with Crippen LogP contribution in [0.3, 0.4) is 0 Å². The highest BCUT2D eigenvalue weighted by molar-refractivity contribution is 8.00. The van der Waals surface area contributed by atoms with E-state index in [0.717, 1.165) is 17.7 Å². The maximum atomic E-state index is 12.7. The molecule has 22 heavy (non-hydrogen) atoms. The van der Waals surface area contributed by atoms with Gasteiger partial charge in [-0.15, -0.1) is 11.8 Å². The molecule has 2 N–H and O–H groups in total. The highest BCUT2D eigenvalue weighted by Gasteiger charge is 2.43. The Labute approximate surface area is 133 Å². The Morgan fingerprint density at radius 2 is 2.00 bits per heavy atom.